The number of hydrogen-bond donors (Lipinski definition) is 2. The van der Waals surface area contributed by atoms with E-state index in [1.807, 2.05) is 13.8 Å². The standard InChI is InChI=1S/C13H24N2O2.ClH/c1-3-17-11-8-10(13(11)5-4-6-13)15-12(16)7-9(2)14;/h9-11H,3-8,14H2,1-2H3,(H,15,16);1H. The van der Waals surface area contributed by atoms with E-state index < -0.39 is 0 Å². The van der Waals surface area contributed by atoms with Gasteiger partial charge in [-0.2, -0.15) is 0 Å². The highest BCUT2D eigenvalue weighted by molar-refractivity contribution is 5.85. The van der Waals surface area contributed by atoms with Crippen LogP contribution in [-0.2, 0) is 9.53 Å². The maximum absolute atomic E-state index is 11.7. The van der Waals surface area contributed by atoms with Crippen LogP contribution >= 0.6 is 12.4 Å². The van der Waals surface area contributed by atoms with Gasteiger partial charge < -0.3 is 15.8 Å². The molecule has 4 nitrogen and oxygen atoms in total. The third-order valence-corrected chi connectivity index (χ3v) is 4.28. The fourth-order valence-electron chi connectivity index (χ4n) is 3.19. The molecule has 2 aliphatic rings. The zero-order chi connectivity index (χ0) is 12.5. The van der Waals surface area contributed by atoms with Crippen molar-refractivity contribution in [2.45, 2.75) is 64.1 Å². The van der Waals surface area contributed by atoms with Crippen molar-refractivity contribution in [3.8, 4) is 0 Å². The summed E-state index contributed by atoms with van der Waals surface area (Å²) in [7, 11) is 0. The quantitative estimate of drug-likeness (QED) is 0.802. The smallest absolute Gasteiger partial charge is 0.221 e. The Morgan fingerprint density at radius 2 is 2.22 bits per heavy atom. The van der Waals surface area contributed by atoms with Gasteiger partial charge in [0.2, 0.25) is 5.91 Å². The van der Waals surface area contributed by atoms with Gasteiger partial charge in [-0.25, -0.2) is 0 Å². The maximum atomic E-state index is 11.7. The minimum absolute atomic E-state index is 0. The summed E-state index contributed by atoms with van der Waals surface area (Å²) in [5.41, 5.74) is 5.89. The molecule has 18 heavy (non-hydrogen) atoms. The van der Waals surface area contributed by atoms with Crippen molar-refractivity contribution in [2.75, 3.05) is 6.61 Å². The van der Waals surface area contributed by atoms with Crippen LogP contribution in [0.1, 0.15) is 46.0 Å². The molecule has 0 aliphatic heterocycles. The van der Waals surface area contributed by atoms with Crippen molar-refractivity contribution < 1.29 is 9.53 Å². The van der Waals surface area contributed by atoms with Crippen LogP contribution in [0.25, 0.3) is 0 Å². The van der Waals surface area contributed by atoms with E-state index in [1.165, 1.54) is 19.3 Å². The van der Waals surface area contributed by atoms with Crippen molar-refractivity contribution in [2.24, 2.45) is 11.1 Å². The zero-order valence-electron chi connectivity index (χ0n) is 11.3. The summed E-state index contributed by atoms with van der Waals surface area (Å²) < 4.78 is 5.75. The second-order valence-corrected chi connectivity index (χ2v) is 5.57. The Hall–Kier alpha value is -0.320. The topological polar surface area (TPSA) is 64.3 Å². The summed E-state index contributed by atoms with van der Waals surface area (Å²) >= 11 is 0. The van der Waals surface area contributed by atoms with Crippen molar-refractivity contribution in [3.05, 3.63) is 0 Å². The molecule has 2 aliphatic carbocycles. The number of nitrogens with one attached hydrogen (secondary N) is 1. The second kappa shape index (κ2) is 6.22. The Morgan fingerprint density at radius 1 is 1.56 bits per heavy atom. The Bertz CT molecular complexity index is 293. The molecular formula is C13H25ClN2O2. The molecule has 1 spiro atoms. The van der Waals surface area contributed by atoms with Crippen molar-refractivity contribution in [1.29, 1.82) is 0 Å². The lowest BCUT2D eigenvalue weighted by molar-refractivity contribution is -0.175. The van der Waals surface area contributed by atoms with Crippen LogP contribution in [0, 0.1) is 5.41 Å². The van der Waals surface area contributed by atoms with Crippen LogP contribution in [0.5, 0.6) is 0 Å². The van der Waals surface area contributed by atoms with Gasteiger partial charge in [0.1, 0.15) is 0 Å². The number of nitrogens with two attached hydrogens (primary N) is 1. The lowest BCUT2D eigenvalue weighted by Crippen LogP contribution is -2.67. The number of amides is 1. The molecule has 0 aromatic rings. The molecule has 5 heteroatoms. The average molecular weight is 277 g/mol. The highest BCUT2D eigenvalue weighted by Gasteiger charge is 2.59. The monoisotopic (exact) mass is 276 g/mol. The largest absolute Gasteiger partial charge is 0.378 e. The summed E-state index contributed by atoms with van der Waals surface area (Å²) in [6.07, 6.45) is 5.41. The normalized spacial score (nSPS) is 29.7. The predicted octanol–water partition coefficient (Wildman–Crippen LogP) is 1.61. The van der Waals surface area contributed by atoms with Crippen molar-refractivity contribution in [1.82, 2.24) is 5.32 Å². The van der Waals surface area contributed by atoms with E-state index in [1.54, 1.807) is 0 Å². The number of halogens is 1. The SMILES string of the molecule is CCOC1CC(NC(=O)CC(C)N)C12CCC2.Cl. The van der Waals surface area contributed by atoms with Crippen LogP contribution in [0.2, 0.25) is 0 Å². The molecule has 3 atom stereocenters. The molecule has 0 saturated heterocycles. The molecule has 2 rings (SSSR count). The predicted molar refractivity (Wildman–Crippen MR) is 73.8 cm³/mol. The van der Waals surface area contributed by atoms with Gasteiger partial charge in [-0.05, 0) is 33.1 Å². The number of carbonyl (C=O) groups excluding carboxylic acids is 1. The highest BCUT2D eigenvalue weighted by Crippen LogP contribution is 2.57. The number of rotatable bonds is 5. The van der Waals surface area contributed by atoms with Crippen molar-refractivity contribution in [3.63, 3.8) is 0 Å². The third-order valence-electron chi connectivity index (χ3n) is 4.28. The molecule has 0 bridgehead atoms. The molecule has 0 aromatic carbocycles. The highest BCUT2D eigenvalue weighted by atomic mass is 35.5. The first-order chi connectivity index (χ1) is 8.08. The van der Waals surface area contributed by atoms with Gasteiger partial charge in [-0.15, -0.1) is 12.4 Å². The molecular weight excluding hydrogens is 252 g/mol. The van der Waals surface area contributed by atoms with E-state index in [4.69, 9.17) is 10.5 Å². The van der Waals surface area contributed by atoms with Gasteiger partial charge >= 0.3 is 0 Å². The lowest BCUT2D eigenvalue weighted by atomic mass is 9.51. The number of hydrogen-bond acceptors (Lipinski definition) is 3. The van der Waals surface area contributed by atoms with Gasteiger partial charge in [-0.3, -0.25) is 4.79 Å². The van der Waals surface area contributed by atoms with Gasteiger partial charge in [0.05, 0.1) is 6.10 Å². The van der Waals surface area contributed by atoms with Gasteiger partial charge in [0, 0.05) is 30.5 Å². The molecule has 106 valence electrons. The van der Waals surface area contributed by atoms with Crippen LogP contribution in [-0.4, -0.2) is 30.7 Å². The van der Waals surface area contributed by atoms with Crippen LogP contribution in [0.15, 0.2) is 0 Å². The van der Waals surface area contributed by atoms with Gasteiger partial charge in [-0.1, -0.05) is 6.42 Å². The minimum atomic E-state index is -0.0601. The zero-order valence-corrected chi connectivity index (χ0v) is 12.1. The first-order valence-electron chi connectivity index (χ1n) is 6.75. The van der Waals surface area contributed by atoms with E-state index >= 15 is 0 Å². The first-order valence-corrected chi connectivity index (χ1v) is 6.75. The lowest BCUT2D eigenvalue weighted by Gasteiger charge is -2.61. The van der Waals surface area contributed by atoms with E-state index in [9.17, 15) is 4.79 Å². The van der Waals surface area contributed by atoms with Crippen LogP contribution < -0.4 is 11.1 Å². The summed E-state index contributed by atoms with van der Waals surface area (Å²) in [6.45, 7) is 4.67. The average Bonchev–Trinajstić information content (AvgIpc) is 2.11. The molecule has 0 aromatic heterocycles. The second-order valence-electron chi connectivity index (χ2n) is 5.57. The minimum Gasteiger partial charge on any atom is -0.378 e. The molecule has 2 fully saturated rings. The summed E-state index contributed by atoms with van der Waals surface area (Å²) in [6, 6.07) is 0.258. The fraction of sp³-hybridized carbons (Fsp3) is 0.923. The molecule has 0 radical (unpaired) electrons. The molecule has 2 saturated carbocycles. The van der Waals surface area contributed by atoms with Crippen LogP contribution in [0.4, 0.5) is 0 Å². The first kappa shape index (κ1) is 15.7. The molecule has 1 amide bonds. The van der Waals surface area contributed by atoms with Gasteiger partial charge in [0.15, 0.2) is 0 Å². The van der Waals surface area contributed by atoms with Crippen LogP contribution in [0.3, 0.4) is 0 Å². The third kappa shape index (κ3) is 2.81. The molecule has 0 heterocycles. The molecule has 3 N–H and O–H groups in total. The fourth-order valence-corrected chi connectivity index (χ4v) is 3.19. The number of ether oxygens (including phenoxy) is 1. The van der Waals surface area contributed by atoms with E-state index in [2.05, 4.69) is 5.32 Å². The summed E-state index contributed by atoms with van der Waals surface area (Å²) in [5, 5.41) is 3.13. The number of carbonyl (C=O) groups is 1. The summed E-state index contributed by atoms with van der Waals surface area (Å²) in [4.78, 5) is 11.7. The summed E-state index contributed by atoms with van der Waals surface area (Å²) in [5.74, 6) is 0.0891. The Labute approximate surface area is 115 Å². The molecule has 3 unspecified atom stereocenters. The van der Waals surface area contributed by atoms with E-state index in [0.717, 1.165) is 13.0 Å². The Morgan fingerprint density at radius 3 is 2.67 bits per heavy atom. The Balaban J connectivity index is 0.00000162. The van der Waals surface area contributed by atoms with E-state index in [0.29, 0.717) is 18.6 Å². The Kier molecular flexibility index (Phi) is 5.44. The van der Waals surface area contributed by atoms with Crippen molar-refractivity contribution >= 4 is 18.3 Å². The van der Waals surface area contributed by atoms with Gasteiger partial charge in [0.25, 0.3) is 0 Å². The maximum Gasteiger partial charge on any atom is 0.221 e. The van der Waals surface area contributed by atoms with E-state index in [-0.39, 0.29) is 29.8 Å².